The number of fused-ring (bicyclic) bond motifs is 1. The van der Waals surface area contributed by atoms with Gasteiger partial charge in [0.2, 0.25) is 0 Å². The Hall–Kier alpha value is -1.64. The number of hydrogen-bond acceptors (Lipinski definition) is 2. The van der Waals surface area contributed by atoms with Crippen LogP contribution in [0.15, 0.2) is 24.3 Å². The first-order valence-corrected chi connectivity index (χ1v) is 5.51. The number of aryl methyl sites for hydroxylation is 1. The Kier molecular flexibility index (Phi) is 3.04. The molecule has 0 atom stereocenters. The molecule has 1 N–H and O–H groups in total. The van der Waals surface area contributed by atoms with Crippen molar-refractivity contribution in [3.8, 4) is 0 Å². The summed E-state index contributed by atoms with van der Waals surface area (Å²) in [5, 5.41) is 4.21. The number of halogens is 1. The Labute approximate surface area is 94.5 Å². The number of benzene rings is 1. The number of anilines is 1. The molecule has 16 heavy (non-hydrogen) atoms. The molecule has 0 aliphatic heterocycles. The molecule has 2 rings (SSSR count). The van der Waals surface area contributed by atoms with Crippen LogP contribution in [0, 0.1) is 12.7 Å². The van der Waals surface area contributed by atoms with Crippen LogP contribution in [0.1, 0.15) is 18.9 Å². The number of nitrogens with zero attached hydrogens (tertiary/aromatic N) is 1. The van der Waals surface area contributed by atoms with Crippen LogP contribution < -0.4 is 5.32 Å². The summed E-state index contributed by atoms with van der Waals surface area (Å²) in [5.41, 5.74) is 1.79. The van der Waals surface area contributed by atoms with E-state index in [-0.39, 0.29) is 5.82 Å². The molecule has 0 aliphatic rings. The zero-order valence-corrected chi connectivity index (χ0v) is 9.55. The lowest BCUT2D eigenvalue weighted by molar-refractivity contribution is 0.629. The molecule has 0 bridgehead atoms. The van der Waals surface area contributed by atoms with Gasteiger partial charge in [0.15, 0.2) is 0 Å². The molecular formula is C13H15FN2. The van der Waals surface area contributed by atoms with Crippen molar-refractivity contribution in [2.45, 2.75) is 20.3 Å². The van der Waals surface area contributed by atoms with Crippen molar-refractivity contribution in [2.75, 3.05) is 11.9 Å². The Morgan fingerprint density at radius 3 is 2.88 bits per heavy atom. The number of rotatable bonds is 3. The van der Waals surface area contributed by atoms with Crippen LogP contribution >= 0.6 is 0 Å². The molecule has 2 nitrogen and oxygen atoms in total. The molecule has 0 aliphatic carbocycles. The number of hydrogen-bond donors (Lipinski definition) is 1. The summed E-state index contributed by atoms with van der Waals surface area (Å²) in [7, 11) is 0. The predicted molar refractivity (Wildman–Crippen MR) is 65.2 cm³/mol. The molecule has 0 radical (unpaired) electrons. The normalized spacial score (nSPS) is 10.7. The molecular weight excluding hydrogens is 203 g/mol. The van der Waals surface area contributed by atoms with Gasteiger partial charge in [-0.25, -0.2) is 9.37 Å². The summed E-state index contributed by atoms with van der Waals surface area (Å²) < 4.78 is 13.1. The molecule has 0 amide bonds. The highest BCUT2D eigenvalue weighted by atomic mass is 19.1. The topological polar surface area (TPSA) is 24.9 Å². The Balaban J connectivity index is 2.46. The van der Waals surface area contributed by atoms with Gasteiger partial charge < -0.3 is 5.32 Å². The van der Waals surface area contributed by atoms with Gasteiger partial charge in [-0.1, -0.05) is 6.92 Å². The molecule has 0 saturated heterocycles. The van der Waals surface area contributed by atoms with Crippen LogP contribution in [-0.4, -0.2) is 11.5 Å². The second-order valence-corrected chi connectivity index (χ2v) is 3.92. The monoisotopic (exact) mass is 218 g/mol. The van der Waals surface area contributed by atoms with Crippen molar-refractivity contribution in [3.05, 3.63) is 35.6 Å². The summed E-state index contributed by atoms with van der Waals surface area (Å²) in [6.07, 6.45) is 1.04. The maximum atomic E-state index is 13.1. The van der Waals surface area contributed by atoms with E-state index in [4.69, 9.17) is 0 Å². The second-order valence-electron chi connectivity index (χ2n) is 3.92. The largest absolute Gasteiger partial charge is 0.370 e. The average molecular weight is 218 g/mol. The number of aromatic nitrogens is 1. The van der Waals surface area contributed by atoms with E-state index in [9.17, 15) is 4.39 Å². The van der Waals surface area contributed by atoms with Crippen molar-refractivity contribution < 1.29 is 4.39 Å². The third-order valence-corrected chi connectivity index (χ3v) is 2.51. The lowest BCUT2D eigenvalue weighted by Crippen LogP contribution is -2.03. The standard InChI is InChI=1S/C13H15FN2/c1-3-6-15-13-9(2)7-10-4-5-11(14)8-12(10)16-13/h4-5,7-8H,3,6H2,1-2H3,(H,15,16). The highest BCUT2D eigenvalue weighted by Gasteiger charge is 2.03. The zero-order valence-electron chi connectivity index (χ0n) is 9.55. The highest BCUT2D eigenvalue weighted by Crippen LogP contribution is 2.20. The van der Waals surface area contributed by atoms with Gasteiger partial charge in [0.1, 0.15) is 11.6 Å². The van der Waals surface area contributed by atoms with Crippen LogP contribution in [0.5, 0.6) is 0 Å². The van der Waals surface area contributed by atoms with Gasteiger partial charge in [0, 0.05) is 18.0 Å². The molecule has 3 heteroatoms. The van der Waals surface area contributed by atoms with Crippen molar-refractivity contribution in [2.24, 2.45) is 0 Å². The first-order valence-electron chi connectivity index (χ1n) is 5.51. The van der Waals surface area contributed by atoms with E-state index in [1.165, 1.54) is 12.1 Å². The summed E-state index contributed by atoms with van der Waals surface area (Å²) >= 11 is 0. The number of pyridine rings is 1. The van der Waals surface area contributed by atoms with Crippen LogP contribution in [0.2, 0.25) is 0 Å². The number of nitrogens with one attached hydrogen (secondary N) is 1. The minimum Gasteiger partial charge on any atom is -0.370 e. The minimum absolute atomic E-state index is 0.245. The van der Waals surface area contributed by atoms with Gasteiger partial charge in [-0.2, -0.15) is 0 Å². The summed E-state index contributed by atoms with van der Waals surface area (Å²) in [6, 6.07) is 6.71. The molecule has 2 aromatic rings. The van der Waals surface area contributed by atoms with Crippen LogP contribution in [0.3, 0.4) is 0 Å². The maximum absolute atomic E-state index is 13.1. The summed E-state index contributed by atoms with van der Waals surface area (Å²) in [6.45, 7) is 4.99. The van der Waals surface area contributed by atoms with Crippen molar-refractivity contribution in [3.63, 3.8) is 0 Å². The second kappa shape index (κ2) is 4.47. The van der Waals surface area contributed by atoms with Gasteiger partial charge in [-0.3, -0.25) is 0 Å². The molecule has 1 aromatic heterocycles. The van der Waals surface area contributed by atoms with Crippen molar-refractivity contribution >= 4 is 16.7 Å². The van der Waals surface area contributed by atoms with E-state index < -0.39 is 0 Å². The summed E-state index contributed by atoms with van der Waals surface area (Å²) in [4.78, 5) is 4.42. The SMILES string of the molecule is CCCNc1nc2cc(F)ccc2cc1C. The fourth-order valence-electron chi connectivity index (χ4n) is 1.67. The molecule has 0 saturated carbocycles. The van der Waals surface area contributed by atoms with Crippen LogP contribution in [0.4, 0.5) is 10.2 Å². The van der Waals surface area contributed by atoms with Gasteiger partial charge >= 0.3 is 0 Å². The molecule has 1 aromatic carbocycles. The van der Waals surface area contributed by atoms with Crippen LogP contribution in [-0.2, 0) is 0 Å². The first kappa shape index (κ1) is 10.9. The van der Waals surface area contributed by atoms with Gasteiger partial charge in [-0.15, -0.1) is 0 Å². The van der Waals surface area contributed by atoms with E-state index in [0.717, 1.165) is 29.7 Å². The minimum atomic E-state index is -0.245. The Morgan fingerprint density at radius 1 is 1.31 bits per heavy atom. The molecule has 0 unspecified atom stereocenters. The van der Waals surface area contributed by atoms with Crippen molar-refractivity contribution in [1.29, 1.82) is 0 Å². The molecule has 0 spiro atoms. The van der Waals surface area contributed by atoms with Gasteiger partial charge in [0.25, 0.3) is 0 Å². The zero-order chi connectivity index (χ0) is 11.5. The molecule has 1 heterocycles. The van der Waals surface area contributed by atoms with Crippen molar-refractivity contribution in [1.82, 2.24) is 4.98 Å². The quantitative estimate of drug-likeness (QED) is 0.852. The third kappa shape index (κ3) is 2.13. The molecule has 0 fully saturated rings. The average Bonchev–Trinajstić information content (AvgIpc) is 2.27. The van der Waals surface area contributed by atoms with Gasteiger partial charge in [0.05, 0.1) is 5.52 Å². The first-order chi connectivity index (χ1) is 7.70. The summed E-state index contributed by atoms with van der Waals surface area (Å²) in [5.74, 6) is 0.602. The van der Waals surface area contributed by atoms with E-state index in [1.54, 1.807) is 6.07 Å². The third-order valence-electron chi connectivity index (χ3n) is 2.51. The lowest BCUT2D eigenvalue weighted by atomic mass is 10.1. The van der Waals surface area contributed by atoms with E-state index >= 15 is 0 Å². The fraction of sp³-hybridized carbons (Fsp3) is 0.308. The highest BCUT2D eigenvalue weighted by molar-refractivity contribution is 5.81. The predicted octanol–water partition coefficient (Wildman–Crippen LogP) is 3.50. The van der Waals surface area contributed by atoms with E-state index in [1.807, 2.05) is 13.0 Å². The fourth-order valence-corrected chi connectivity index (χ4v) is 1.67. The Bertz CT molecular complexity index is 509. The Morgan fingerprint density at radius 2 is 2.12 bits per heavy atom. The van der Waals surface area contributed by atoms with Crippen LogP contribution in [0.25, 0.3) is 10.9 Å². The lowest BCUT2D eigenvalue weighted by Gasteiger charge is -2.09. The van der Waals surface area contributed by atoms with Gasteiger partial charge in [-0.05, 0) is 37.1 Å². The van der Waals surface area contributed by atoms with E-state index in [0.29, 0.717) is 5.52 Å². The molecule has 84 valence electrons. The maximum Gasteiger partial charge on any atom is 0.129 e. The van der Waals surface area contributed by atoms with E-state index in [2.05, 4.69) is 17.2 Å². The smallest absolute Gasteiger partial charge is 0.129 e.